The molecule has 1 aromatic heterocycles. The van der Waals surface area contributed by atoms with Gasteiger partial charge in [0.05, 0.1) is 16.7 Å². The third kappa shape index (κ3) is 4.55. The van der Waals surface area contributed by atoms with E-state index in [1.165, 1.54) is 92.6 Å². The summed E-state index contributed by atoms with van der Waals surface area (Å²) >= 11 is 0. The molecular weight excluding hydrogens is 701 g/mol. The van der Waals surface area contributed by atoms with Crippen LogP contribution < -0.4 is 4.90 Å². The van der Waals surface area contributed by atoms with Crippen LogP contribution in [0.15, 0.2) is 182 Å². The standard InChI is InChI=1S/C56H44N2/c1-2-12-46-39(10-1)11-9-19-53(46)57(44-25-27-45(28-26-44)58-54-17-7-4-14-48(54)49-15-5-8-18-55(49)58)43-23-20-38(21-24-43)40-22-29-52-50(35-40)47-13-3-6-16-51(47)56(52)41-31-36-30-37(33-41)34-42(56)32-36/h1-29,35-37,41-42H,30-34H2. The lowest BCUT2D eigenvalue weighted by molar-refractivity contribution is -0.0399. The Morgan fingerprint density at radius 3 is 1.69 bits per heavy atom. The van der Waals surface area contributed by atoms with Crippen molar-refractivity contribution in [3.63, 3.8) is 0 Å². The Morgan fingerprint density at radius 1 is 0.431 bits per heavy atom. The third-order valence-electron chi connectivity index (χ3n) is 15.0. The number of rotatable bonds is 5. The molecule has 14 rings (SSSR count). The van der Waals surface area contributed by atoms with Crippen molar-refractivity contribution in [3.05, 3.63) is 193 Å². The van der Waals surface area contributed by atoms with E-state index in [0.29, 0.717) is 0 Å². The van der Waals surface area contributed by atoms with Gasteiger partial charge in [-0.3, -0.25) is 0 Å². The first-order valence-corrected chi connectivity index (χ1v) is 21.4. The van der Waals surface area contributed by atoms with E-state index in [1.54, 1.807) is 11.1 Å². The van der Waals surface area contributed by atoms with Gasteiger partial charge in [0.25, 0.3) is 0 Å². The van der Waals surface area contributed by atoms with Gasteiger partial charge in [-0.2, -0.15) is 0 Å². The molecular formula is C56H44N2. The lowest BCUT2D eigenvalue weighted by atomic mass is 9.43. The first-order chi connectivity index (χ1) is 28.7. The fraction of sp³-hybridized carbons (Fsp3) is 0.179. The highest BCUT2D eigenvalue weighted by molar-refractivity contribution is 6.09. The Balaban J connectivity index is 0.906. The van der Waals surface area contributed by atoms with Crippen LogP contribution in [-0.2, 0) is 5.41 Å². The molecule has 5 aliphatic carbocycles. The van der Waals surface area contributed by atoms with Crippen LogP contribution in [0.5, 0.6) is 0 Å². The van der Waals surface area contributed by atoms with E-state index < -0.39 is 0 Å². The van der Waals surface area contributed by atoms with Gasteiger partial charge in [-0.1, -0.05) is 121 Å². The van der Waals surface area contributed by atoms with E-state index >= 15 is 0 Å². The second-order valence-corrected chi connectivity index (χ2v) is 17.7. The Hall–Kier alpha value is -6.38. The number of fused-ring (bicyclic) bond motifs is 7. The fourth-order valence-electron chi connectivity index (χ4n) is 12.9. The first kappa shape index (κ1) is 32.7. The summed E-state index contributed by atoms with van der Waals surface area (Å²) in [6.07, 6.45) is 7.15. The van der Waals surface area contributed by atoms with Crippen LogP contribution in [0.25, 0.3) is 60.5 Å². The van der Waals surface area contributed by atoms with Crippen molar-refractivity contribution in [2.75, 3.05) is 4.90 Å². The third-order valence-corrected chi connectivity index (χ3v) is 15.0. The topological polar surface area (TPSA) is 8.17 Å². The molecule has 1 heterocycles. The van der Waals surface area contributed by atoms with Crippen LogP contribution in [0, 0.1) is 23.7 Å². The van der Waals surface area contributed by atoms with Crippen molar-refractivity contribution >= 4 is 49.6 Å². The lowest BCUT2D eigenvalue weighted by Gasteiger charge is -2.61. The summed E-state index contributed by atoms with van der Waals surface area (Å²) < 4.78 is 2.39. The zero-order chi connectivity index (χ0) is 38.0. The van der Waals surface area contributed by atoms with Gasteiger partial charge in [0, 0.05) is 38.6 Å². The van der Waals surface area contributed by atoms with Gasteiger partial charge in [-0.25, -0.2) is 0 Å². The van der Waals surface area contributed by atoms with Crippen LogP contribution in [0.4, 0.5) is 17.1 Å². The molecule has 2 nitrogen and oxygen atoms in total. The maximum absolute atomic E-state index is 2.54. The summed E-state index contributed by atoms with van der Waals surface area (Å²) in [5.74, 6) is 3.47. The zero-order valence-corrected chi connectivity index (χ0v) is 32.6. The molecule has 4 saturated carbocycles. The maximum atomic E-state index is 2.54. The molecule has 4 bridgehead atoms. The molecule has 0 saturated heterocycles. The van der Waals surface area contributed by atoms with Gasteiger partial charge >= 0.3 is 0 Å². The molecule has 58 heavy (non-hydrogen) atoms. The second kappa shape index (κ2) is 12.3. The number of para-hydroxylation sites is 2. The minimum atomic E-state index is 0.206. The zero-order valence-electron chi connectivity index (χ0n) is 32.6. The summed E-state index contributed by atoms with van der Waals surface area (Å²) in [7, 11) is 0. The van der Waals surface area contributed by atoms with E-state index in [0.717, 1.165) is 40.7 Å². The van der Waals surface area contributed by atoms with Gasteiger partial charge < -0.3 is 9.47 Å². The number of anilines is 3. The fourth-order valence-corrected chi connectivity index (χ4v) is 12.9. The Labute approximate surface area is 340 Å². The molecule has 1 spiro atoms. The van der Waals surface area contributed by atoms with Crippen molar-refractivity contribution in [1.29, 1.82) is 0 Å². The second-order valence-electron chi connectivity index (χ2n) is 17.7. The van der Waals surface area contributed by atoms with Gasteiger partial charge in [-0.15, -0.1) is 0 Å². The highest BCUT2D eigenvalue weighted by Gasteiger charge is 2.61. The summed E-state index contributed by atoms with van der Waals surface area (Å²) in [5.41, 5.74) is 16.0. The predicted molar refractivity (Wildman–Crippen MR) is 242 cm³/mol. The molecule has 9 aromatic rings. The Bertz CT molecular complexity index is 2990. The first-order valence-electron chi connectivity index (χ1n) is 21.4. The predicted octanol–water partition coefficient (Wildman–Crippen LogP) is 14.8. The summed E-state index contributed by atoms with van der Waals surface area (Å²) in [4.78, 5) is 2.43. The van der Waals surface area contributed by atoms with Crippen LogP contribution in [0.3, 0.4) is 0 Å². The minimum absolute atomic E-state index is 0.206. The van der Waals surface area contributed by atoms with Gasteiger partial charge in [-0.05, 0) is 155 Å². The molecule has 2 heteroatoms. The highest BCUT2D eigenvalue weighted by atomic mass is 15.1. The largest absolute Gasteiger partial charge is 0.310 e. The quantitative estimate of drug-likeness (QED) is 0.170. The maximum Gasteiger partial charge on any atom is 0.0541 e. The van der Waals surface area contributed by atoms with E-state index in [4.69, 9.17) is 0 Å². The van der Waals surface area contributed by atoms with E-state index in [-0.39, 0.29) is 5.41 Å². The average Bonchev–Trinajstić information content (AvgIpc) is 3.77. The van der Waals surface area contributed by atoms with Gasteiger partial charge in [0.1, 0.15) is 0 Å². The molecule has 5 aliphatic rings. The van der Waals surface area contributed by atoms with Crippen LogP contribution in [0.1, 0.15) is 43.2 Å². The van der Waals surface area contributed by atoms with Crippen molar-refractivity contribution in [2.45, 2.75) is 37.5 Å². The molecule has 0 N–H and O–H groups in total. The summed E-state index contributed by atoms with van der Waals surface area (Å²) in [6.45, 7) is 0. The number of hydrogen-bond acceptors (Lipinski definition) is 1. The monoisotopic (exact) mass is 744 g/mol. The molecule has 0 atom stereocenters. The van der Waals surface area contributed by atoms with Crippen LogP contribution >= 0.6 is 0 Å². The Kier molecular flexibility index (Phi) is 6.94. The molecule has 4 fully saturated rings. The van der Waals surface area contributed by atoms with Crippen molar-refractivity contribution in [3.8, 4) is 27.9 Å². The summed E-state index contributed by atoms with van der Waals surface area (Å²) in [5, 5.41) is 5.02. The SMILES string of the molecule is c1ccc2c(c1)-c1cc(-c3ccc(N(c4ccc(-n5c6ccccc6c6ccccc65)cc4)c4cccc5ccccc45)cc3)ccc1C21C2CC3CC(C2)CC1C3. The Morgan fingerprint density at radius 2 is 0.983 bits per heavy atom. The normalized spacial score (nSPS) is 22.6. The molecule has 0 unspecified atom stereocenters. The van der Waals surface area contributed by atoms with Crippen molar-refractivity contribution < 1.29 is 0 Å². The van der Waals surface area contributed by atoms with E-state index in [2.05, 4.69) is 191 Å². The van der Waals surface area contributed by atoms with Crippen molar-refractivity contribution in [2.24, 2.45) is 23.7 Å². The van der Waals surface area contributed by atoms with E-state index in [1.807, 2.05) is 0 Å². The summed E-state index contributed by atoms with van der Waals surface area (Å²) in [6, 6.07) is 68.3. The molecule has 0 aliphatic heterocycles. The molecule has 8 aromatic carbocycles. The number of benzene rings is 8. The number of aromatic nitrogens is 1. The van der Waals surface area contributed by atoms with E-state index in [9.17, 15) is 0 Å². The highest BCUT2D eigenvalue weighted by Crippen LogP contribution is 2.69. The van der Waals surface area contributed by atoms with Crippen LogP contribution in [0.2, 0.25) is 0 Å². The van der Waals surface area contributed by atoms with Crippen molar-refractivity contribution in [1.82, 2.24) is 4.57 Å². The van der Waals surface area contributed by atoms with Gasteiger partial charge in [0.2, 0.25) is 0 Å². The lowest BCUT2D eigenvalue weighted by Crippen LogP contribution is -2.55. The molecule has 0 amide bonds. The van der Waals surface area contributed by atoms with Gasteiger partial charge in [0.15, 0.2) is 0 Å². The van der Waals surface area contributed by atoms with Crippen LogP contribution in [-0.4, -0.2) is 4.57 Å². The average molecular weight is 745 g/mol. The number of nitrogens with zero attached hydrogens (tertiary/aromatic N) is 2. The molecule has 0 radical (unpaired) electrons. The number of hydrogen-bond donors (Lipinski definition) is 0. The smallest absolute Gasteiger partial charge is 0.0541 e. The minimum Gasteiger partial charge on any atom is -0.310 e. The molecule has 278 valence electrons.